The highest BCUT2D eigenvalue weighted by molar-refractivity contribution is 6.63. The van der Waals surface area contributed by atoms with Crippen LogP contribution < -0.4 is 0 Å². The van der Waals surface area contributed by atoms with E-state index < -0.39 is 0 Å². The zero-order chi connectivity index (χ0) is 17.7. The van der Waals surface area contributed by atoms with Crippen LogP contribution in [0, 0.1) is 0 Å². The molecule has 0 aromatic rings. The molecule has 0 saturated carbocycles. The lowest BCUT2D eigenvalue weighted by atomic mass is 10.1. The summed E-state index contributed by atoms with van der Waals surface area (Å²) in [6, 6.07) is 0. The summed E-state index contributed by atoms with van der Waals surface area (Å²) in [5, 5.41) is -0.184. The number of carbonyl (C=O) groups is 1. The molecule has 24 heavy (non-hydrogen) atoms. The summed E-state index contributed by atoms with van der Waals surface area (Å²) in [4.78, 5) is 10.6. The molecule has 0 unspecified atom stereocenters. The maximum Gasteiger partial charge on any atom is 0.221 e. The van der Waals surface area contributed by atoms with E-state index in [2.05, 4.69) is 19.1 Å². The maximum absolute atomic E-state index is 10.6. The number of rotatable bonds is 19. The van der Waals surface area contributed by atoms with Gasteiger partial charge in [0.25, 0.3) is 0 Å². The minimum Gasteiger partial charge on any atom is -0.281 e. The molecular formula is C22H41ClO. The van der Waals surface area contributed by atoms with E-state index in [0.29, 0.717) is 6.42 Å². The third-order valence-corrected chi connectivity index (χ3v) is 4.82. The Morgan fingerprint density at radius 3 is 1.42 bits per heavy atom. The van der Waals surface area contributed by atoms with Crippen molar-refractivity contribution in [2.45, 2.75) is 122 Å². The van der Waals surface area contributed by atoms with Crippen LogP contribution in [0.1, 0.15) is 122 Å². The van der Waals surface area contributed by atoms with Crippen LogP contribution in [-0.4, -0.2) is 5.24 Å². The molecule has 0 heterocycles. The van der Waals surface area contributed by atoms with Crippen molar-refractivity contribution in [1.82, 2.24) is 0 Å². The molecule has 0 aromatic heterocycles. The Morgan fingerprint density at radius 1 is 0.625 bits per heavy atom. The quantitative estimate of drug-likeness (QED) is 0.129. The first-order chi connectivity index (χ1) is 11.8. The lowest BCUT2D eigenvalue weighted by Crippen LogP contribution is -1.86. The Labute approximate surface area is 156 Å². The fourth-order valence-corrected chi connectivity index (χ4v) is 3.18. The fourth-order valence-electron chi connectivity index (χ4n) is 3.04. The molecule has 142 valence electrons. The second kappa shape index (κ2) is 20.7. The van der Waals surface area contributed by atoms with Gasteiger partial charge in [0.15, 0.2) is 0 Å². The Morgan fingerprint density at radius 2 is 1.00 bits per heavy atom. The van der Waals surface area contributed by atoms with Gasteiger partial charge >= 0.3 is 0 Å². The van der Waals surface area contributed by atoms with E-state index in [4.69, 9.17) is 11.6 Å². The molecule has 2 heteroatoms. The monoisotopic (exact) mass is 356 g/mol. The van der Waals surface area contributed by atoms with Crippen molar-refractivity contribution in [2.24, 2.45) is 0 Å². The largest absolute Gasteiger partial charge is 0.281 e. The second-order valence-corrected chi connectivity index (χ2v) is 7.53. The molecule has 0 atom stereocenters. The van der Waals surface area contributed by atoms with Crippen LogP contribution >= 0.6 is 11.6 Å². The number of carbonyl (C=O) groups excluding carboxylic acids is 1. The molecule has 0 rings (SSSR count). The van der Waals surface area contributed by atoms with Crippen LogP contribution in [0.2, 0.25) is 0 Å². The maximum atomic E-state index is 10.6. The number of hydrogen-bond donors (Lipinski definition) is 0. The van der Waals surface area contributed by atoms with Crippen LogP contribution in [0.4, 0.5) is 0 Å². The van der Waals surface area contributed by atoms with Gasteiger partial charge in [-0.15, -0.1) is 0 Å². The zero-order valence-electron chi connectivity index (χ0n) is 16.2. The predicted octanol–water partition coefficient (Wildman–Crippen LogP) is 8.35. The van der Waals surface area contributed by atoms with Gasteiger partial charge in [-0.05, 0) is 43.7 Å². The third kappa shape index (κ3) is 21.7. The summed E-state index contributed by atoms with van der Waals surface area (Å²) in [7, 11) is 0. The van der Waals surface area contributed by atoms with E-state index >= 15 is 0 Å². The van der Waals surface area contributed by atoms with E-state index in [9.17, 15) is 4.79 Å². The van der Waals surface area contributed by atoms with Crippen LogP contribution in [0.25, 0.3) is 0 Å². The minimum absolute atomic E-state index is 0.184. The molecule has 0 spiro atoms. The van der Waals surface area contributed by atoms with Gasteiger partial charge in [0, 0.05) is 6.42 Å². The summed E-state index contributed by atoms with van der Waals surface area (Å²) in [6.07, 6.45) is 27.8. The molecule has 0 aromatic carbocycles. The van der Waals surface area contributed by atoms with Gasteiger partial charge in [-0.3, -0.25) is 4.79 Å². The highest BCUT2D eigenvalue weighted by Gasteiger charge is 1.96. The van der Waals surface area contributed by atoms with Crippen LogP contribution in [0.15, 0.2) is 12.2 Å². The Hall–Kier alpha value is -0.300. The Balaban J connectivity index is 3.06. The summed E-state index contributed by atoms with van der Waals surface area (Å²) in [6.45, 7) is 2.28. The zero-order valence-corrected chi connectivity index (χ0v) is 16.9. The Bertz CT molecular complexity index is 286. The topological polar surface area (TPSA) is 17.1 Å². The van der Waals surface area contributed by atoms with E-state index in [-0.39, 0.29) is 5.24 Å². The first kappa shape index (κ1) is 23.7. The van der Waals surface area contributed by atoms with Crippen molar-refractivity contribution >= 4 is 16.8 Å². The van der Waals surface area contributed by atoms with Gasteiger partial charge in [0.1, 0.15) is 0 Å². The van der Waals surface area contributed by atoms with Crippen molar-refractivity contribution in [3.05, 3.63) is 12.2 Å². The standard InChI is InChI=1S/C22H41ClO/c1-2-3-4-5-6-7-8-9-10-11-12-13-14-15-16-17-18-19-20-21-22(23)24/h9-10H,2-8,11-21H2,1H3/b10-9+. The number of allylic oxidation sites excluding steroid dienone is 2. The minimum atomic E-state index is -0.184. The first-order valence-corrected chi connectivity index (χ1v) is 11.0. The second-order valence-electron chi connectivity index (χ2n) is 7.10. The summed E-state index contributed by atoms with van der Waals surface area (Å²) in [5.74, 6) is 0. The lowest BCUT2D eigenvalue weighted by molar-refractivity contribution is -0.111. The van der Waals surface area contributed by atoms with Gasteiger partial charge in [-0.2, -0.15) is 0 Å². The van der Waals surface area contributed by atoms with Crippen molar-refractivity contribution in [1.29, 1.82) is 0 Å². The molecule has 0 aliphatic heterocycles. The van der Waals surface area contributed by atoms with E-state index in [1.165, 1.54) is 96.3 Å². The molecule has 0 radical (unpaired) electrons. The van der Waals surface area contributed by atoms with Gasteiger partial charge in [-0.1, -0.05) is 96.1 Å². The number of halogens is 1. The highest BCUT2D eigenvalue weighted by atomic mass is 35.5. The van der Waals surface area contributed by atoms with Crippen molar-refractivity contribution < 1.29 is 4.79 Å². The lowest BCUT2D eigenvalue weighted by Gasteiger charge is -2.01. The third-order valence-electron chi connectivity index (χ3n) is 4.64. The SMILES string of the molecule is CCCCCCCC/C=C/CCCCCCCCCCCC(=O)Cl. The predicted molar refractivity (Wildman–Crippen MR) is 109 cm³/mol. The summed E-state index contributed by atoms with van der Waals surface area (Å²) in [5.41, 5.74) is 0. The van der Waals surface area contributed by atoms with Gasteiger partial charge in [0.05, 0.1) is 0 Å². The van der Waals surface area contributed by atoms with Crippen LogP contribution in [0.5, 0.6) is 0 Å². The molecule has 0 bridgehead atoms. The van der Waals surface area contributed by atoms with Gasteiger partial charge < -0.3 is 0 Å². The van der Waals surface area contributed by atoms with Crippen molar-refractivity contribution in [3.63, 3.8) is 0 Å². The Kier molecular flexibility index (Phi) is 20.5. The van der Waals surface area contributed by atoms with Crippen molar-refractivity contribution in [2.75, 3.05) is 0 Å². The molecule has 0 amide bonds. The summed E-state index contributed by atoms with van der Waals surface area (Å²) >= 11 is 5.32. The van der Waals surface area contributed by atoms with Crippen LogP contribution in [0.3, 0.4) is 0 Å². The smallest absolute Gasteiger partial charge is 0.221 e. The molecule has 0 aliphatic carbocycles. The van der Waals surface area contributed by atoms with E-state index in [0.717, 1.165) is 12.8 Å². The molecule has 0 N–H and O–H groups in total. The fraction of sp³-hybridized carbons (Fsp3) is 0.864. The molecule has 1 nitrogen and oxygen atoms in total. The molecule has 0 saturated heterocycles. The molecule has 0 aliphatic rings. The first-order valence-electron chi connectivity index (χ1n) is 10.6. The molecular weight excluding hydrogens is 316 g/mol. The van der Waals surface area contributed by atoms with E-state index in [1.807, 2.05) is 0 Å². The van der Waals surface area contributed by atoms with Gasteiger partial charge in [0.2, 0.25) is 5.24 Å². The summed E-state index contributed by atoms with van der Waals surface area (Å²) < 4.78 is 0. The van der Waals surface area contributed by atoms with Gasteiger partial charge in [-0.25, -0.2) is 0 Å². The molecule has 0 fully saturated rings. The number of unbranched alkanes of at least 4 members (excludes halogenated alkanes) is 15. The van der Waals surface area contributed by atoms with Crippen molar-refractivity contribution in [3.8, 4) is 0 Å². The average Bonchev–Trinajstić information content (AvgIpc) is 2.56. The van der Waals surface area contributed by atoms with E-state index in [1.54, 1.807) is 0 Å². The average molecular weight is 357 g/mol. The highest BCUT2D eigenvalue weighted by Crippen LogP contribution is 2.12. The van der Waals surface area contributed by atoms with Crippen LogP contribution in [-0.2, 0) is 4.79 Å². The number of hydrogen-bond acceptors (Lipinski definition) is 1. The normalized spacial score (nSPS) is 11.4.